The molecule has 0 aliphatic heterocycles. The molecule has 0 N–H and O–H groups in total. The summed E-state index contributed by atoms with van der Waals surface area (Å²) in [6, 6.07) is 13.8. The minimum absolute atomic E-state index is 0.164. The fraction of sp³-hybridized carbons (Fsp3) is 0.273. The SMILES string of the molecule is COc1c(OC(=O)c2cccnc2)c2c(c(OC(=O)c3cccnc3)c1OC)CCC(CCOc1ccc(Cl)cc1)CC2. The van der Waals surface area contributed by atoms with Gasteiger partial charge in [0.25, 0.3) is 0 Å². The number of pyridine rings is 2. The fourth-order valence-corrected chi connectivity index (χ4v) is 5.27. The molecule has 2 aromatic carbocycles. The first kappa shape index (κ1) is 29.8. The van der Waals surface area contributed by atoms with E-state index in [9.17, 15) is 9.59 Å². The zero-order chi connectivity index (χ0) is 30.2. The van der Waals surface area contributed by atoms with Gasteiger partial charge in [-0.25, -0.2) is 9.59 Å². The van der Waals surface area contributed by atoms with Crippen LogP contribution >= 0.6 is 11.6 Å². The van der Waals surface area contributed by atoms with Crippen molar-refractivity contribution in [1.29, 1.82) is 0 Å². The Kier molecular flexibility index (Phi) is 9.73. The van der Waals surface area contributed by atoms with Crippen LogP contribution in [0.4, 0.5) is 0 Å². The second kappa shape index (κ2) is 14.0. The minimum Gasteiger partial charge on any atom is -0.494 e. The van der Waals surface area contributed by atoms with Crippen LogP contribution in [0.3, 0.4) is 0 Å². The quantitative estimate of drug-likeness (QED) is 0.113. The lowest BCUT2D eigenvalue weighted by Gasteiger charge is -2.22. The first-order valence-corrected chi connectivity index (χ1v) is 14.3. The number of hydrogen-bond acceptors (Lipinski definition) is 9. The number of hydrogen-bond donors (Lipinski definition) is 0. The number of nitrogens with zero attached hydrogens (tertiary/aromatic N) is 2. The van der Waals surface area contributed by atoms with E-state index in [1.165, 1.54) is 26.6 Å². The van der Waals surface area contributed by atoms with E-state index >= 15 is 0 Å². The van der Waals surface area contributed by atoms with Crippen LogP contribution in [-0.2, 0) is 12.8 Å². The summed E-state index contributed by atoms with van der Waals surface area (Å²) in [5.41, 5.74) is 2.03. The number of carbonyl (C=O) groups is 2. The van der Waals surface area contributed by atoms with Crippen LogP contribution < -0.4 is 23.7 Å². The molecule has 0 saturated carbocycles. The number of fused-ring (bicyclic) bond motifs is 1. The van der Waals surface area contributed by atoms with Gasteiger partial charge in [-0.05, 0) is 86.6 Å². The van der Waals surface area contributed by atoms with E-state index in [-0.39, 0.29) is 34.1 Å². The Bertz CT molecular complexity index is 1470. The topological polar surface area (TPSA) is 106 Å². The smallest absolute Gasteiger partial charge is 0.345 e. The van der Waals surface area contributed by atoms with Crippen molar-refractivity contribution in [2.45, 2.75) is 32.1 Å². The largest absolute Gasteiger partial charge is 0.494 e. The summed E-state index contributed by atoms with van der Waals surface area (Å²) >= 11 is 5.99. The molecule has 1 aliphatic rings. The molecule has 4 aromatic rings. The maximum Gasteiger partial charge on any atom is 0.345 e. The van der Waals surface area contributed by atoms with Gasteiger partial charge < -0.3 is 23.7 Å². The molecule has 1 aliphatic carbocycles. The number of carbonyl (C=O) groups excluding carboxylic acids is 2. The second-order valence-corrected chi connectivity index (χ2v) is 10.4. The van der Waals surface area contributed by atoms with Crippen molar-refractivity contribution in [2.24, 2.45) is 5.92 Å². The van der Waals surface area contributed by atoms with Gasteiger partial charge in [0, 0.05) is 40.9 Å². The lowest BCUT2D eigenvalue weighted by atomic mass is 9.96. The Morgan fingerprint density at radius 2 is 1.28 bits per heavy atom. The van der Waals surface area contributed by atoms with Gasteiger partial charge in [0.05, 0.1) is 32.0 Å². The molecule has 2 heterocycles. The van der Waals surface area contributed by atoms with Crippen molar-refractivity contribution in [3.05, 3.63) is 101 Å². The summed E-state index contributed by atoms with van der Waals surface area (Å²) in [5, 5.41) is 0.653. The number of esters is 2. The van der Waals surface area contributed by atoms with Crippen LogP contribution in [0.15, 0.2) is 73.3 Å². The molecular weight excluding hydrogens is 572 g/mol. The van der Waals surface area contributed by atoms with Crippen molar-refractivity contribution < 1.29 is 33.3 Å². The molecule has 0 amide bonds. The van der Waals surface area contributed by atoms with Crippen molar-refractivity contribution in [3.63, 3.8) is 0 Å². The number of halogens is 1. The van der Waals surface area contributed by atoms with Crippen molar-refractivity contribution >= 4 is 23.5 Å². The maximum atomic E-state index is 13.2. The molecule has 0 unspecified atom stereocenters. The normalized spacial score (nSPS) is 12.9. The van der Waals surface area contributed by atoms with E-state index in [1.807, 2.05) is 12.1 Å². The van der Waals surface area contributed by atoms with Gasteiger partial charge in [0.15, 0.2) is 11.5 Å². The highest BCUT2D eigenvalue weighted by atomic mass is 35.5. The molecule has 0 bridgehead atoms. The van der Waals surface area contributed by atoms with E-state index in [4.69, 9.17) is 35.3 Å². The van der Waals surface area contributed by atoms with E-state index in [0.717, 1.165) is 36.1 Å². The van der Waals surface area contributed by atoms with Crippen molar-refractivity contribution in [3.8, 4) is 28.7 Å². The van der Waals surface area contributed by atoms with E-state index < -0.39 is 11.9 Å². The van der Waals surface area contributed by atoms with Crippen LogP contribution in [0.25, 0.3) is 0 Å². The number of methoxy groups -OCH3 is 2. The predicted molar refractivity (Wildman–Crippen MR) is 160 cm³/mol. The maximum absolute atomic E-state index is 13.2. The summed E-state index contributed by atoms with van der Waals surface area (Å²) in [7, 11) is 2.90. The zero-order valence-corrected chi connectivity index (χ0v) is 24.6. The summed E-state index contributed by atoms with van der Waals surface area (Å²) in [5.74, 6) is 0.671. The molecule has 0 saturated heterocycles. The average Bonchev–Trinajstić information content (AvgIpc) is 3.26. The number of aromatic nitrogens is 2. The van der Waals surface area contributed by atoms with Gasteiger partial charge in [-0.1, -0.05) is 11.6 Å². The van der Waals surface area contributed by atoms with Gasteiger partial charge in [0.1, 0.15) is 5.75 Å². The summed E-state index contributed by atoms with van der Waals surface area (Å²) in [4.78, 5) is 34.4. The van der Waals surface area contributed by atoms with E-state index in [1.54, 1.807) is 48.8 Å². The molecule has 10 heteroatoms. The second-order valence-electron chi connectivity index (χ2n) is 9.98. The van der Waals surface area contributed by atoms with Gasteiger partial charge >= 0.3 is 11.9 Å². The minimum atomic E-state index is -0.590. The molecule has 0 radical (unpaired) electrons. The first-order valence-electron chi connectivity index (χ1n) is 13.9. The molecule has 43 heavy (non-hydrogen) atoms. The monoisotopic (exact) mass is 602 g/mol. The van der Waals surface area contributed by atoms with Crippen molar-refractivity contribution in [2.75, 3.05) is 20.8 Å². The number of rotatable bonds is 10. The van der Waals surface area contributed by atoms with Crippen LogP contribution in [0.2, 0.25) is 5.02 Å². The third-order valence-corrected chi connectivity index (χ3v) is 7.59. The van der Waals surface area contributed by atoms with Gasteiger partial charge in [-0.15, -0.1) is 0 Å². The van der Waals surface area contributed by atoms with E-state index in [0.29, 0.717) is 30.4 Å². The summed E-state index contributed by atoms with van der Waals surface area (Å²) in [6.07, 6.45) is 9.52. The lowest BCUT2D eigenvalue weighted by Crippen LogP contribution is -2.16. The fourth-order valence-electron chi connectivity index (χ4n) is 5.14. The Labute approximate surface area is 254 Å². The Balaban J connectivity index is 1.47. The predicted octanol–water partition coefficient (Wildman–Crippen LogP) is 6.55. The van der Waals surface area contributed by atoms with Gasteiger partial charge in [-0.3, -0.25) is 9.97 Å². The number of ether oxygens (including phenoxy) is 5. The summed E-state index contributed by atoms with van der Waals surface area (Å²) < 4.78 is 29.4. The van der Waals surface area contributed by atoms with Crippen molar-refractivity contribution in [1.82, 2.24) is 9.97 Å². The lowest BCUT2D eigenvalue weighted by molar-refractivity contribution is 0.0707. The zero-order valence-electron chi connectivity index (χ0n) is 23.9. The molecular formula is C33H31ClN2O7. The molecule has 0 atom stereocenters. The van der Waals surface area contributed by atoms with Crippen LogP contribution in [0.5, 0.6) is 28.7 Å². The molecule has 222 valence electrons. The highest BCUT2D eigenvalue weighted by molar-refractivity contribution is 6.30. The molecule has 0 spiro atoms. The third kappa shape index (κ3) is 7.06. The Morgan fingerprint density at radius 1 is 0.767 bits per heavy atom. The van der Waals surface area contributed by atoms with Crippen LogP contribution in [0.1, 0.15) is 51.1 Å². The highest BCUT2D eigenvalue weighted by Gasteiger charge is 2.33. The van der Waals surface area contributed by atoms with Crippen LogP contribution in [-0.4, -0.2) is 42.7 Å². The molecule has 5 rings (SSSR count). The average molecular weight is 603 g/mol. The number of benzene rings is 2. The highest BCUT2D eigenvalue weighted by Crippen LogP contribution is 2.52. The molecule has 2 aromatic heterocycles. The van der Waals surface area contributed by atoms with Gasteiger partial charge in [0.2, 0.25) is 11.5 Å². The van der Waals surface area contributed by atoms with E-state index in [2.05, 4.69) is 9.97 Å². The molecule has 9 nitrogen and oxygen atoms in total. The Morgan fingerprint density at radius 3 is 1.72 bits per heavy atom. The first-order chi connectivity index (χ1) is 21.0. The molecule has 0 fully saturated rings. The van der Waals surface area contributed by atoms with Gasteiger partial charge in [-0.2, -0.15) is 0 Å². The summed E-state index contributed by atoms with van der Waals surface area (Å²) in [6.45, 7) is 0.529. The Hall–Kier alpha value is -4.63. The van der Waals surface area contributed by atoms with Crippen LogP contribution in [0, 0.1) is 5.92 Å². The third-order valence-electron chi connectivity index (χ3n) is 7.34. The standard InChI is InChI=1S/C33H31ClN2O7/c1-39-30-28(42-32(37)22-5-3-16-35-19-22)26-13-7-21(15-18-41-25-11-9-24(34)10-12-25)8-14-27(26)29(31(30)40-2)43-33(38)23-6-4-17-36-20-23/h3-6,9-12,16-17,19-21H,7-8,13-15,18H2,1-2H3.